The monoisotopic (exact) mass is 286 g/mol. The van der Waals surface area contributed by atoms with Gasteiger partial charge in [-0.2, -0.15) is 5.10 Å². The van der Waals surface area contributed by atoms with Crippen molar-refractivity contribution in [3.05, 3.63) is 51.8 Å². The third-order valence-electron chi connectivity index (χ3n) is 3.94. The van der Waals surface area contributed by atoms with E-state index in [-0.39, 0.29) is 10.6 Å². The van der Waals surface area contributed by atoms with Crippen LogP contribution in [0.1, 0.15) is 37.1 Å². The molecule has 0 saturated heterocycles. The maximum atomic E-state index is 10.7. The van der Waals surface area contributed by atoms with E-state index in [4.69, 9.17) is 0 Å². The smallest absolute Gasteiger partial charge is 0.269 e. The molecule has 2 aromatic rings. The second-order valence-corrected chi connectivity index (χ2v) is 5.23. The summed E-state index contributed by atoms with van der Waals surface area (Å²) in [6.07, 6.45) is 5.17. The standard InChI is InChI=1S/C15H18N4O2/c1-2-16-14-4-3-5-15-13(14)10-17-18(15)11-6-8-12(9-7-11)19(20)21/h6-10,14,16H,2-5H2,1H3. The molecule has 6 heteroatoms. The Morgan fingerprint density at radius 1 is 1.43 bits per heavy atom. The van der Waals surface area contributed by atoms with Crippen molar-refractivity contribution < 1.29 is 4.92 Å². The number of nitrogens with zero attached hydrogens (tertiary/aromatic N) is 3. The van der Waals surface area contributed by atoms with Gasteiger partial charge < -0.3 is 5.32 Å². The van der Waals surface area contributed by atoms with Gasteiger partial charge in [-0.15, -0.1) is 0 Å². The number of nitro groups is 1. The summed E-state index contributed by atoms with van der Waals surface area (Å²) < 4.78 is 1.91. The average Bonchev–Trinajstić information content (AvgIpc) is 2.93. The Bertz CT molecular complexity index is 648. The molecule has 6 nitrogen and oxygen atoms in total. The minimum Gasteiger partial charge on any atom is -0.310 e. The fourth-order valence-corrected chi connectivity index (χ4v) is 2.95. The summed E-state index contributed by atoms with van der Waals surface area (Å²) in [5.41, 5.74) is 3.44. The Morgan fingerprint density at radius 3 is 2.86 bits per heavy atom. The number of benzene rings is 1. The van der Waals surface area contributed by atoms with Crippen LogP contribution in [-0.4, -0.2) is 21.2 Å². The van der Waals surface area contributed by atoms with Crippen molar-refractivity contribution in [2.75, 3.05) is 6.54 Å². The number of rotatable bonds is 4. The van der Waals surface area contributed by atoms with Crippen molar-refractivity contribution in [1.29, 1.82) is 0 Å². The van der Waals surface area contributed by atoms with E-state index in [0.717, 1.165) is 31.5 Å². The van der Waals surface area contributed by atoms with E-state index in [2.05, 4.69) is 17.3 Å². The van der Waals surface area contributed by atoms with Crippen LogP contribution in [0.5, 0.6) is 0 Å². The molecule has 1 aromatic carbocycles. The summed E-state index contributed by atoms with van der Waals surface area (Å²) in [6, 6.07) is 6.91. The lowest BCUT2D eigenvalue weighted by Crippen LogP contribution is -2.24. The van der Waals surface area contributed by atoms with Crippen molar-refractivity contribution in [1.82, 2.24) is 15.1 Å². The fourth-order valence-electron chi connectivity index (χ4n) is 2.95. The lowest BCUT2D eigenvalue weighted by Gasteiger charge is -2.23. The van der Waals surface area contributed by atoms with Crippen molar-refractivity contribution in [2.45, 2.75) is 32.2 Å². The molecule has 0 spiro atoms. The number of fused-ring (bicyclic) bond motifs is 1. The molecular formula is C15H18N4O2. The zero-order chi connectivity index (χ0) is 14.8. The Balaban J connectivity index is 1.95. The predicted molar refractivity (Wildman–Crippen MR) is 79.6 cm³/mol. The third kappa shape index (κ3) is 2.54. The van der Waals surface area contributed by atoms with Crippen LogP contribution in [0.25, 0.3) is 5.69 Å². The van der Waals surface area contributed by atoms with Crippen LogP contribution >= 0.6 is 0 Å². The van der Waals surface area contributed by atoms with Crippen molar-refractivity contribution in [3.63, 3.8) is 0 Å². The second kappa shape index (κ2) is 5.65. The molecule has 0 amide bonds. The highest BCUT2D eigenvalue weighted by Gasteiger charge is 2.24. The summed E-state index contributed by atoms with van der Waals surface area (Å²) >= 11 is 0. The van der Waals surface area contributed by atoms with Crippen LogP contribution in [0.2, 0.25) is 0 Å². The molecule has 0 fully saturated rings. The number of nitro benzene ring substituents is 1. The largest absolute Gasteiger partial charge is 0.310 e. The number of non-ortho nitro benzene ring substituents is 1. The lowest BCUT2D eigenvalue weighted by molar-refractivity contribution is -0.384. The van der Waals surface area contributed by atoms with Gasteiger partial charge in [0.1, 0.15) is 0 Å². The zero-order valence-corrected chi connectivity index (χ0v) is 12.0. The normalized spacial score (nSPS) is 17.5. The maximum Gasteiger partial charge on any atom is 0.269 e. The Kier molecular flexibility index (Phi) is 3.70. The van der Waals surface area contributed by atoms with Gasteiger partial charge in [0, 0.05) is 29.4 Å². The first-order valence-corrected chi connectivity index (χ1v) is 7.25. The fraction of sp³-hybridized carbons (Fsp3) is 0.400. The predicted octanol–water partition coefficient (Wildman–Crippen LogP) is 2.77. The lowest BCUT2D eigenvalue weighted by atomic mass is 9.93. The minimum atomic E-state index is -0.385. The molecule has 0 saturated carbocycles. The molecular weight excluding hydrogens is 268 g/mol. The minimum absolute atomic E-state index is 0.102. The first kappa shape index (κ1) is 13.8. The molecule has 1 aliphatic rings. The molecule has 3 rings (SSSR count). The van der Waals surface area contributed by atoms with E-state index in [9.17, 15) is 10.1 Å². The molecule has 0 radical (unpaired) electrons. The van der Waals surface area contributed by atoms with Gasteiger partial charge in [-0.05, 0) is 37.9 Å². The van der Waals surface area contributed by atoms with E-state index >= 15 is 0 Å². The van der Waals surface area contributed by atoms with Gasteiger partial charge in [-0.25, -0.2) is 4.68 Å². The van der Waals surface area contributed by atoms with Gasteiger partial charge in [0.05, 0.1) is 16.8 Å². The van der Waals surface area contributed by atoms with Crippen LogP contribution in [0.15, 0.2) is 30.5 Å². The van der Waals surface area contributed by atoms with Crippen molar-refractivity contribution in [2.24, 2.45) is 0 Å². The molecule has 1 N–H and O–H groups in total. The average molecular weight is 286 g/mol. The van der Waals surface area contributed by atoms with E-state index in [0.29, 0.717) is 6.04 Å². The molecule has 1 aromatic heterocycles. The SMILES string of the molecule is CCNC1CCCc2c1cnn2-c1ccc([N+](=O)[O-])cc1. The molecule has 0 aliphatic heterocycles. The highest BCUT2D eigenvalue weighted by molar-refractivity contribution is 5.42. The van der Waals surface area contributed by atoms with E-state index in [1.165, 1.54) is 23.4 Å². The van der Waals surface area contributed by atoms with Crippen molar-refractivity contribution >= 4 is 5.69 Å². The van der Waals surface area contributed by atoms with Crippen LogP contribution in [-0.2, 0) is 6.42 Å². The first-order chi connectivity index (χ1) is 10.2. The van der Waals surface area contributed by atoms with E-state index in [1.54, 1.807) is 12.1 Å². The van der Waals surface area contributed by atoms with E-state index in [1.807, 2.05) is 10.9 Å². The Morgan fingerprint density at radius 2 is 2.19 bits per heavy atom. The highest BCUT2D eigenvalue weighted by Crippen LogP contribution is 2.31. The van der Waals surface area contributed by atoms with Crippen LogP contribution in [0, 0.1) is 10.1 Å². The summed E-state index contributed by atoms with van der Waals surface area (Å²) in [5, 5.41) is 18.7. The van der Waals surface area contributed by atoms with Crippen LogP contribution < -0.4 is 5.32 Å². The second-order valence-electron chi connectivity index (χ2n) is 5.23. The highest BCUT2D eigenvalue weighted by atomic mass is 16.6. The van der Waals surface area contributed by atoms with Crippen molar-refractivity contribution in [3.8, 4) is 5.69 Å². The summed E-state index contributed by atoms with van der Waals surface area (Å²) in [6.45, 7) is 3.04. The van der Waals surface area contributed by atoms with Crippen LogP contribution in [0.3, 0.4) is 0 Å². The summed E-state index contributed by atoms with van der Waals surface area (Å²) in [7, 11) is 0. The quantitative estimate of drug-likeness (QED) is 0.693. The van der Waals surface area contributed by atoms with Gasteiger partial charge in [0.2, 0.25) is 0 Å². The molecule has 1 aliphatic carbocycles. The number of nitrogens with one attached hydrogen (secondary N) is 1. The molecule has 110 valence electrons. The Hall–Kier alpha value is -2.21. The molecule has 21 heavy (non-hydrogen) atoms. The summed E-state index contributed by atoms with van der Waals surface area (Å²) in [4.78, 5) is 10.3. The Labute approximate surface area is 122 Å². The van der Waals surface area contributed by atoms with Gasteiger partial charge in [0.25, 0.3) is 5.69 Å². The number of hydrogen-bond donors (Lipinski definition) is 1. The molecule has 0 bridgehead atoms. The van der Waals surface area contributed by atoms with E-state index < -0.39 is 0 Å². The van der Waals surface area contributed by atoms with Gasteiger partial charge in [-0.3, -0.25) is 10.1 Å². The molecule has 1 heterocycles. The third-order valence-corrected chi connectivity index (χ3v) is 3.94. The van der Waals surface area contributed by atoms with Gasteiger partial charge >= 0.3 is 0 Å². The molecule has 1 unspecified atom stereocenters. The van der Waals surface area contributed by atoms with Gasteiger partial charge in [0.15, 0.2) is 0 Å². The number of aromatic nitrogens is 2. The summed E-state index contributed by atoms with van der Waals surface area (Å²) in [5.74, 6) is 0. The molecule has 1 atom stereocenters. The first-order valence-electron chi connectivity index (χ1n) is 7.25. The van der Waals surface area contributed by atoms with Gasteiger partial charge in [-0.1, -0.05) is 6.92 Å². The maximum absolute atomic E-state index is 10.7. The zero-order valence-electron chi connectivity index (χ0n) is 12.0. The number of hydrogen-bond acceptors (Lipinski definition) is 4. The van der Waals surface area contributed by atoms with Crippen LogP contribution in [0.4, 0.5) is 5.69 Å². The topological polar surface area (TPSA) is 73.0 Å².